The van der Waals surface area contributed by atoms with Crippen molar-refractivity contribution in [2.24, 2.45) is 0 Å². The van der Waals surface area contributed by atoms with Gasteiger partial charge in [0.15, 0.2) is 6.23 Å². The van der Waals surface area contributed by atoms with Crippen molar-refractivity contribution in [1.82, 2.24) is 0 Å². The SMILES string of the molecule is CC(C)(C)OC(=O)N1c2ccc(Cl)cc2[C@]2(I)CCO[C@H]12. The van der Waals surface area contributed by atoms with Crippen molar-refractivity contribution in [3.63, 3.8) is 0 Å². The van der Waals surface area contributed by atoms with Crippen LogP contribution in [-0.4, -0.2) is 24.5 Å². The maximum atomic E-state index is 12.6. The summed E-state index contributed by atoms with van der Waals surface area (Å²) in [5, 5.41) is 0.668. The molecule has 4 nitrogen and oxygen atoms in total. The standard InChI is InChI=1S/C15H17ClINO3/c1-14(2,3)21-13(19)18-11-5-4-9(16)8-10(11)15(17)6-7-20-12(15)18/h4-5,8,12H,6-7H2,1-3H3/t12-,15+/m0/s1. The van der Waals surface area contributed by atoms with Gasteiger partial charge in [-0.1, -0.05) is 34.2 Å². The monoisotopic (exact) mass is 421 g/mol. The number of hydrogen-bond acceptors (Lipinski definition) is 3. The van der Waals surface area contributed by atoms with Gasteiger partial charge in [0.1, 0.15) is 5.60 Å². The number of rotatable bonds is 0. The number of carbonyl (C=O) groups is 1. The summed E-state index contributed by atoms with van der Waals surface area (Å²) >= 11 is 8.51. The first-order valence-corrected chi connectivity index (χ1v) is 8.31. The van der Waals surface area contributed by atoms with Crippen LogP contribution in [0, 0.1) is 0 Å². The number of nitrogens with zero attached hydrogens (tertiary/aromatic N) is 1. The molecule has 1 aromatic carbocycles. The van der Waals surface area contributed by atoms with Gasteiger partial charge in [-0.3, -0.25) is 0 Å². The number of hydrogen-bond donors (Lipinski definition) is 0. The lowest BCUT2D eigenvalue weighted by Crippen LogP contribution is -2.45. The highest BCUT2D eigenvalue weighted by Gasteiger charge is 2.56. The van der Waals surface area contributed by atoms with E-state index in [1.807, 2.05) is 32.9 Å². The van der Waals surface area contributed by atoms with Crippen molar-refractivity contribution < 1.29 is 14.3 Å². The maximum absolute atomic E-state index is 12.6. The van der Waals surface area contributed by atoms with E-state index in [0.29, 0.717) is 11.6 Å². The van der Waals surface area contributed by atoms with Crippen LogP contribution in [0.4, 0.5) is 10.5 Å². The molecule has 2 aliphatic rings. The van der Waals surface area contributed by atoms with Crippen LogP contribution < -0.4 is 4.90 Å². The van der Waals surface area contributed by atoms with Gasteiger partial charge in [0.2, 0.25) is 0 Å². The lowest BCUT2D eigenvalue weighted by Gasteiger charge is -2.29. The molecule has 21 heavy (non-hydrogen) atoms. The minimum absolute atomic E-state index is 0.255. The van der Waals surface area contributed by atoms with Crippen molar-refractivity contribution in [3.05, 3.63) is 28.8 Å². The van der Waals surface area contributed by atoms with Gasteiger partial charge in [-0.05, 0) is 51.0 Å². The van der Waals surface area contributed by atoms with Crippen LogP contribution in [0.15, 0.2) is 18.2 Å². The molecule has 0 unspecified atom stereocenters. The molecule has 2 heterocycles. The largest absolute Gasteiger partial charge is 0.443 e. The second-order valence-corrected chi connectivity index (χ2v) is 8.71. The molecule has 1 aromatic rings. The molecular formula is C15H17ClINO3. The first kappa shape index (κ1) is 15.4. The van der Waals surface area contributed by atoms with E-state index < -0.39 is 5.60 Å². The second-order valence-electron chi connectivity index (χ2n) is 6.35. The average Bonchev–Trinajstić information content (AvgIpc) is 2.81. The summed E-state index contributed by atoms with van der Waals surface area (Å²) in [6.45, 7) is 6.20. The molecule has 0 bridgehead atoms. The minimum atomic E-state index is -0.543. The highest BCUT2D eigenvalue weighted by atomic mass is 127. The Morgan fingerprint density at radius 1 is 1.52 bits per heavy atom. The highest BCUT2D eigenvalue weighted by molar-refractivity contribution is 14.1. The Kier molecular flexibility index (Phi) is 3.65. The Labute approximate surface area is 142 Å². The summed E-state index contributed by atoms with van der Waals surface area (Å²) in [5.41, 5.74) is 1.33. The fourth-order valence-corrected chi connectivity index (χ4v) is 4.09. The number of amides is 1. The summed E-state index contributed by atoms with van der Waals surface area (Å²) in [6, 6.07) is 5.58. The molecule has 2 atom stereocenters. The van der Waals surface area contributed by atoms with Crippen LogP contribution >= 0.6 is 34.2 Å². The molecule has 0 N–H and O–H groups in total. The lowest BCUT2D eigenvalue weighted by atomic mass is 9.99. The van der Waals surface area contributed by atoms with Crippen LogP contribution in [0.25, 0.3) is 0 Å². The van der Waals surface area contributed by atoms with Crippen LogP contribution in [0.5, 0.6) is 0 Å². The second kappa shape index (κ2) is 4.99. The molecule has 1 amide bonds. The summed E-state index contributed by atoms with van der Waals surface area (Å²) in [7, 11) is 0. The third-order valence-corrected chi connectivity index (χ3v) is 5.51. The Balaban J connectivity index is 2.04. The van der Waals surface area contributed by atoms with Crippen LogP contribution in [0.3, 0.4) is 0 Å². The number of ether oxygens (including phenoxy) is 2. The number of carbonyl (C=O) groups excluding carboxylic acids is 1. The highest BCUT2D eigenvalue weighted by Crippen LogP contribution is 2.56. The third-order valence-electron chi connectivity index (χ3n) is 3.62. The molecule has 0 saturated carbocycles. The Morgan fingerprint density at radius 3 is 2.90 bits per heavy atom. The van der Waals surface area contributed by atoms with E-state index in [9.17, 15) is 4.79 Å². The Bertz CT molecular complexity index is 601. The van der Waals surface area contributed by atoms with Crippen LogP contribution in [0.2, 0.25) is 5.02 Å². The number of halogens is 2. The fraction of sp³-hybridized carbons (Fsp3) is 0.533. The number of fused-ring (bicyclic) bond motifs is 3. The lowest BCUT2D eigenvalue weighted by molar-refractivity contribution is 0.0414. The van der Waals surface area contributed by atoms with Gasteiger partial charge in [-0.25, -0.2) is 9.69 Å². The van der Waals surface area contributed by atoms with Crippen molar-refractivity contribution in [2.75, 3.05) is 11.5 Å². The van der Waals surface area contributed by atoms with Crippen molar-refractivity contribution in [3.8, 4) is 0 Å². The van der Waals surface area contributed by atoms with E-state index in [1.54, 1.807) is 11.0 Å². The zero-order chi connectivity index (χ0) is 15.4. The molecule has 6 heteroatoms. The topological polar surface area (TPSA) is 38.8 Å². The van der Waals surface area contributed by atoms with Gasteiger partial charge in [0.05, 0.1) is 15.7 Å². The first-order chi connectivity index (χ1) is 9.72. The average molecular weight is 422 g/mol. The van der Waals surface area contributed by atoms with Gasteiger partial charge in [-0.15, -0.1) is 0 Å². The summed E-state index contributed by atoms with van der Waals surface area (Å²) in [4.78, 5) is 14.2. The van der Waals surface area contributed by atoms with E-state index in [-0.39, 0.29) is 15.7 Å². The minimum Gasteiger partial charge on any atom is -0.443 e. The molecule has 3 rings (SSSR count). The fourth-order valence-electron chi connectivity index (χ4n) is 2.80. The maximum Gasteiger partial charge on any atom is 0.417 e. The predicted octanol–water partition coefficient (Wildman–Crippen LogP) is 4.47. The Hall–Kier alpha value is -0.530. The summed E-state index contributed by atoms with van der Waals surface area (Å²) in [5.74, 6) is 0. The van der Waals surface area contributed by atoms with E-state index in [0.717, 1.165) is 17.7 Å². The third kappa shape index (κ3) is 2.53. The molecule has 1 fully saturated rings. The van der Waals surface area contributed by atoms with Crippen molar-refractivity contribution >= 4 is 46.0 Å². The number of benzene rings is 1. The normalized spacial score (nSPS) is 27.5. The van der Waals surface area contributed by atoms with E-state index in [2.05, 4.69) is 22.6 Å². The predicted molar refractivity (Wildman–Crippen MR) is 90.2 cm³/mol. The van der Waals surface area contributed by atoms with Crippen molar-refractivity contribution in [1.29, 1.82) is 0 Å². The smallest absolute Gasteiger partial charge is 0.417 e. The quantitative estimate of drug-likeness (QED) is 0.458. The zero-order valence-corrected chi connectivity index (χ0v) is 15.1. The molecule has 2 aliphatic heterocycles. The molecular weight excluding hydrogens is 405 g/mol. The number of anilines is 1. The van der Waals surface area contributed by atoms with E-state index in [1.165, 1.54) is 0 Å². The molecule has 1 saturated heterocycles. The molecule has 0 spiro atoms. The van der Waals surface area contributed by atoms with Gasteiger partial charge < -0.3 is 9.47 Å². The summed E-state index contributed by atoms with van der Waals surface area (Å²) in [6.07, 6.45) is 0.142. The number of alkyl halides is 1. The Morgan fingerprint density at radius 2 is 2.24 bits per heavy atom. The molecule has 0 aliphatic carbocycles. The van der Waals surface area contributed by atoms with E-state index >= 15 is 0 Å². The van der Waals surface area contributed by atoms with Crippen LogP contribution in [0.1, 0.15) is 32.8 Å². The van der Waals surface area contributed by atoms with Crippen LogP contribution in [-0.2, 0) is 12.9 Å². The van der Waals surface area contributed by atoms with E-state index in [4.69, 9.17) is 21.1 Å². The van der Waals surface area contributed by atoms with Gasteiger partial charge in [-0.2, -0.15) is 0 Å². The van der Waals surface area contributed by atoms with Gasteiger partial charge in [0.25, 0.3) is 0 Å². The molecule has 0 aromatic heterocycles. The molecule has 114 valence electrons. The molecule has 0 radical (unpaired) electrons. The van der Waals surface area contributed by atoms with Crippen molar-refractivity contribution in [2.45, 2.75) is 42.4 Å². The van der Waals surface area contributed by atoms with Gasteiger partial charge in [0, 0.05) is 5.02 Å². The summed E-state index contributed by atoms with van der Waals surface area (Å²) < 4.78 is 11.1. The zero-order valence-electron chi connectivity index (χ0n) is 12.2. The first-order valence-electron chi connectivity index (χ1n) is 6.85. The van der Waals surface area contributed by atoms with Gasteiger partial charge >= 0.3 is 6.09 Å².